The number of rotatable bonds is 6. The summed E-state index contributed by atoms with van der Waals surface area (Å²) in [5.74, 6) is -0.248. The molecule has 0 saturated heterocycles. The first-order valence-corrected chi connectivity index (χ1v) is 8.56. The Morgan fingerprint density at radius 3 is 2.80 bits per heavy atom. The zero-order chi connectivity index (χ0) is 14.5. The molecule has 2 aromatic rings. The second-order valence-electron chi connectivity index (χ2n) is 4.61. The molecule has 1 N–H and O–H groups in total. The van der Waals surface area contributed by atoms with E-state index in [0.717, 1.165) is 23.9 Å². The fourth-order valence-corrected chi connectivity index (χ4v) is 3.71. The van der Waals surface area contributed by atoms with Crippen LogP contribution in [0.3, 0.4) is 0 Å². The molecule has 1 aromatic heterocycles. The van der Waals surface area contributed by atoms with Crippen LogP contribution in [-0.4, -0.2) is 6.54 Å². The summed E-state index contributed by atoms with van der Waals surface area (Å²) in [6.45, 7) is 2.96. The largest absolute Gasteiger partial charge is 0.310 e. The number of benzene rings is 1. The van der Waals surface area contributed by atoms with E-state index in [1.807, 2.05) is 5.38 Å². The molecule has 1 atom stereocenters. The van der Waals surface area contributed by atoms with Gasteiger partial charge in [0.25, 0.3) is 0 Å². The lowest BCUT2D eigenvalue weighted by molar-refractivity contribution is 0.499. The summed E-state index contributed by atoms with van der Waals surface area (Å²) in [5, 5.41) is 5.89. The van der Waals surface area contributed by atoms with Crippen LogP contribution >= 0.6 is 38.9 Å². The third-order valence-corrected chi connectivity index (χ3v) is 4.96. The summed E-state index contributed by atoms with van der Waals surface area (Å²) < 4.78 is 15.2. The Labute approximate surface area is 136 Å². The van der Waals surface area contributed by atoms with Crippen LogP contribution in [0.5, 0.6) is 0 Å². The van der Waals surface area contributed by atoms with Gasteiger partial charge in [0, 0.05) is 37.8 Å². The van der Waals surface area contributed by atoms with Crippen LogP contribution in [0.1, 0.15) is 29.8 Å². The standard InChI is InChI=1S/C15H16BrClFNS/c1-2-5-19-15(8-12-6-10(16)9-20-12)13-4-3-11(17)7-14(13)18/h3-4,6-7,9,15,19H,2,5,8H2,1H3. The molecule has 1 unspecified atom stereocenters. The van der Waals surface area contributed by atoms with Crippen molar-refractivity contribution in [2.45, 2.75) is 25.8 Å². The minimum Gasteiger partial charge on any atom is -0.310 e. The van der Waals surface area contributed by atoms with Gasteiger partial charge in [0.1, 0.15) is 5.82 Å². The topological polar surface area (TPSA) is 12.0 Å². The second-order valence-corrected chi connectivity index (χ2v) is 6.96. The predicted molar refractivity (Wildman–Crippen MR) is 88.2 cm³/mol. The van der Waals surface area contributed by atoms with Crippen molar-refractivity contribution in [1.29, 1.82) is 0 Å². The van der Waals surface area contributed by atoms with Gasteiger partial charge < -0.3 is 5.32 Å². The molecular formula is C15H16BrClFNS. The number of hydrogen-bond acceptors (Lipinski definition) is 2. The molecule has 1 aromatic carbocycles. The van der Waals surface area contributed by atoms with E-state index in [2.05, 4.69) is 34.2 Å². The zero-order valence-electron chi connectivity index (χ0n) is 11.1. The van der Waals surface area contributed by atoms with E-state index in [1.165, 1.54) is 10.9 Å². The zero-order valence-corrected chi connectivity index (χ0v) is 14.3. The molecule has 0 radical (unpaired) electrons. The summed E-state index contributed by atoms with van der Waals surface area (Å²) in [6, 6.07) is 6.94. The minimum absolute atomic E-state index is 0.0298. The molecule has 0 saturated carbocycles. The molecule has 1 nitrogen and oxygen atoms in total. The van der Waals surface area contributed by atoms with Crippen molar-refractivity contribution >= 4 is 38.9 Å². The van der Waals surface area contributed by atoms with Crippen molar-refractivity contribution in [1.82, 2.24) is 5.32 Å². The first-order valence-electron chi connectivity index (χ1n) is 6.51. The summed E-state index contributed by atoms with van der Waals surface area (Å²) in [7, 11) is 0. The van der Waals surface area contributed by atoms with Gasteiger partial charge in [0.15, 0.2) is 0 Å². The van der Waals surface area contributed by atoms with Gasteiger partial charge in [0.05, 0.1) is 0 Å². The van der Waals surface area contributed by atoms with Crippen LogP contribution in [0, 0.1) is 5.82 Å². The molecule has 0 spiro atoms. The molecule has 20 heavy (non-hydrogen) atoms. The van der Waals surface area contributed by atoms with E-state index in [4.69, 9.17) is 11.6 Å². The van der Waals surface area contributed by atoms with Gasteiger partial charge in [0.2, 0.25) is 0 Å². The summed E-state index contributed by atoms with van der Waals surface area (Å²) in [6.07, 6.45) is 1.79. The fourth-order valence-electron chi connectivity index (χ4n) is 2.06. The Morgan fingerprint density at radius 2 is 2.20 bits per heavy atom. The lowest BCUT2D eigenvalue weighted by Gasteiger charge is -2.19. The SMILES string of the molecule is CCCNC(Cc1cc(Br)cs1)c1ccc(Cl)cc1F. The van der Waals surface area contributed by atoms with Gasteiger partial charge >= 0.3 is 0 Å². The highest BCUT2D eigenvalue weighted by molar-refractivity contribution is 9.10. The molecule has 0 aliphatic heterocycles. The van der Waals surface area contributed by atoms with E-state index in [-0.39, 0.29) is 11.9 Å². The molecule has 0 amide bonds. The first-order chi connectivity index (χ1) is 9.60. The van der Waals surface area contributed by atoms with Gasteiger partial charge in [-0.1, -0.05) is 24.6 Å². The van der Waals surface area contributed by atoms with Crippen molar-refractivity contribution in [2.24, 2.45) is 0 Å². The summed E-state index contributed by atoms with van der Waals surface area (Å²) in [4.78, 5) is 1.22. The van der Waals surface area contributed by atoms with Crippen LogP contribution < -0.4 is 5.32 Å². The number of nitrogens with one attached hydrogen (secondary N) is 1. The van der Waals surface area contributed by atoms with Gasteiger partial charge in [-0.2, -0.15) is 0 Å². The van der Waals surface area contributed by atoms with Crippen LogP contribution in [0.25, 0.3) is 0 Å². The average molecular weight is 377 g/mol. The highest BCUT2D eigenvalue weighted by Gasteiger charge is 2.17. The van der Waals surface area contributed by atoms with Crippen LogP contribution in [-0.2, 0) is 6.42 Å². The Bertz CT molecular complexity index is 573. The van der Waals surface area contributed by atoms with Crippen molar-refractivity contribution < 1.29 is 4.39 Å². The van der Waals surface area contributed by atoms with E-state index in [1.54, 1.807) is 23.5 Å². The normalized spacial score (nSPS) is 12.6. The Hall–Kier alpha value is -0.420. The van der Waals surface area contributed by atoms with Crippen LogP contribution in [0.4, 0.5) is 4.39 Å². The quantitative estimate of drug-likeness (QED) is 0.693. The Morgan fingerprint density at radius 1 is 1.40 bits per heavy atom. The lowest BCUT2D eigenvalue weighted by atomic mass is 10.0. The van der Waals surface area contributed by atoms with E-state index >= 15 is 0 Å². The number of hydrogen-bond donors (Lipinski definition) is 1. The first kappa shape index (κ1) is 16.0. The molecule has 0 aliphatic carbocycles. The molecule has 1 heterocycles. The van der Waals surface area contributed by atoms with E-state index in [9.17, 15) is 4.39 Å². The van der Waals surface area contributed by atoms with Crippen molar-refractivity contribution in [3.63, 3.8) is 0 Å². The lowest BCUT2D eigenvalue weighted by Crippen LogP contribution is -2.24. The second kappa shape index (κ2) is 7.55. The maximum Gasteiger partial charge on any atom is 0.129 e. The molecular weight excluding hydrogens is 361 g/mol. The Balaban J connectivity index is 2.22. The maximum absolute atomic E-state index is 14.1. The predicted octanol–water partition coefficient (Wildman–Crippen LogP) is 5.59. The molecule has 0 bridgehead atoms. The molecule has 108 valence electrons. The van der Waals surface area contributed by atoms with Gasteiger partial charge in [-0.05, 0) is 47.1 Å². The van der Waals surface area contributed by atoms with Gasteiger partial charge in [-0.15, -0.1) is 11.3 Å². The van der Waals surface area contributed by atoms with E-state index in [0.29, 0.717) is 10.6 Å². The summed E-state index contributed by atoms with van der Waals surface area (Å²) >= 11 is 11.0. The highest BCUT2D eigenvalue weighted by atomic mass is 79.9. The maximum atomic E-state index is 14.1. The fraction of sp³-hybridized carbons (Fsp3) is 0.333. The Kier molecular flexibility index (Phi) is 6.02. The summed E-state index contributed by atoms with van der Waals surface area (Å²) in [5.41, 5.74) is 0.673. The number of halogens is 3. The monoisotopic (exact) mass is 375 g/mol. The van der Waals surface area contributed by atoms with Gasteiger partial charge in [-0.3, -0.25) is 0 Å². The molecule has 0 fully saturated rings. The van der Waals surface area contributed by atoms with Crippen LogP contribution in [0.15, 0.2) is 34.1 Å². The highest BCUT2D eigenvalue weighted by Crippen LogP contribution is 2.28. The van der Waals surface area contributed by atoms with Gasteiger partial charge in [-0.25, -0.2) is 4.39 Å². The molecule has 5 heteroatoms. The van der Waals surface area contributed by atoms with Crippen molar-refractivity contribution in [3.8, 4) is 0 Å². The van der Waals surface area contributed by atoms with Crippen molar-refractivity contribution in [3.05, 3.63) is 55.4 Å². The molecule has 2 rings (SSSR count). The van der Waals surface area contributed by atoms with E-state index < -0.39 is 0 Å². The third kappa shape index (κ3) is 4.29. The minimum atomic E-state index is -0.248. The third-order valence-electron chi connectivity index (χ3n) is 3.01. The average Bonchev–Trinajstić information content (AvgIpc) is 2.80. The van der Waals surface area contributed by atoms with Crippen molar-refractivity contribution in [2.75, 3.05) is 6.54 Å². The van der Waals surface area contributed by atoms with Crippen LogP contribution in [0.2, 0.25) is 5.02 Å². The number of thiophene rings is 1. The smallest absolute Gasteiger partial charge is 0.129 e. The molecule has 0 aliphatic rings.